The molecule has 2 N–H and O–H groups in total. The van der Waals surface area contributed by atoms with E-state index in [1.165, 1.54) is 18.2 Å². The van der Waals surface area contributed by atoms with Crippen molar-refractivity contribution in [3.63, 3.8) is 0 Å². The summed E-state index contributed by atoms with van der Waals surface area (Å²) in [6, 6.07) is 10.7. The average molecular weight is 331 g/mol. The average Bonchev–Trinajstić information content (AvgIpc) is 2.57. The van der Waals surface area contributed by atoms with Crippen LogP contribution in [0.25, 0.3) is 0 Å². The molecular formula is C18H18FNO4. The molecule has 0 aromatic heterocycles. The number of halogens is 1. The first-order valence-electron chi connectivity index (χ1n) is 7.44. The number of phenols is 1. The quantitative estimate of drug-likeness (QED) is 0.797. The van der Waals surface area contributed by atoms with E-state index < -0.39 is 18.5 Å². The molecule has 0 aliphatic rings. The summed E-state index contributed by atoms with van der Waals surface area (Å²) < 4.78 is 17.7. The Bertz CT molecular complexity index is 728. The Morgan fingerprint density at radius 2 is 1.88 bits per heavy atom. The fourth-order valence-electron chi connectivity index (χ4n) is 2.08. The highest BCUT2D eigenvalue weighted by atomic mass is 19.1. The zero-order valence-corrected chi connectivity index (χ0v) is 13.2. The van der Waals surface area contributed by atoms with Crippen LogP contribution in [0.4, 0.5) is 4.39 Å². The molecule has 0 aliphatic heterocycles. The SMILES string of the molecule is Cc1cccc(C(=O)OCC(=O)NCCc2ccc(F)cc2)c1O. The standard InChI is InChI=1S/C18H18FNO4/c1-12-3-2-4-15(17(12)22)18(23)24-11-16(21)20-10-9-13-5-7-14(19)8-6-13/h2-8,22H,9-11H2,1H3,(H,20,21). The zero-order valence-electron chi connectivity index (χ0n) is 13.2. The molecule has 2 rings (SSSR count). The molecule has 0 unspecified atom stereocenters. The molecule has 0 radical (unpaired) electrons. The number of amides is 1. The lowest BCUT2D eigenvalue weighted by Gasteiger charge is -2.08. The van der Waals surface area contributed by atoms with E-state index in [1.54, 1.807) is 31.2 Å². The zero-order chi connectivity index (χ0) is 17.5. The lowest BCUT2D eigenvalue weighted by Crippen LogP contribution is -2.30. The fourth-order valence-corrected chi connectivity index (χ4v) is 2.08. The van der Waals surface area contributed by atoms with Crippen LogP contribution >= 0.6 is 0 Å². The Balaban J connectivity index is 1.75. The number of benzene rings is 2. The Labute approximate surface area is 139 Å². The minimum atomic E-state index is -0.759. The first-order chi connectivity index (χ1) is 11.5. The minimum Gasteiger partial charge on any atom is -0.507 e. The van der Waals surface area contributed by atoms with Gasteiger partial charge in [-0.3, -0.25) is 4.79 Å². The highest BCUT2D eigenvalue weighted by molar-refractivity contribution is 5.94. The second kappa shape index (κ2) is 8.10. The van der Waals surface area contributed by atoms with E-state index in [4.69, 9.17) is 4.74 Å². The summed E-state index contributed by atoms with van der Waals surface area (Å²) in [6.07, 6.45) is 0.540. The number of nitrogens with one attached hydrogen (secondary N) is 1. The third kappa shape index (κ3) is 4.81. The van der Waals surface area contributed by atoms with Gasteiger partial charge in [0.2, 0.25) is 0 Å². The molecule has 0 saturated carbocycles. The van der Waals surface area contributed by atoms with Crippen LogP contribution in [0.15, 0.2) is 42.5 Å². The van der Waals surface area contributed by atoms with Gasteiger partial charge in [-0.25, -0.2) is 9.18 Å². The predicted octanol–water partition coefficient (Wildman–Crippen LogP) is 2.36. The summed E-state index contributed by atoms with van der Waals surface area (Å²) >= 11 is 0. The number of ether oxygens (including phenoxy) is 1. The van der Waals surface area contributed by atoms with Gasteiger partial charge in [0, 0.05) is 6.54 Å². The van der Waals surface area contributed by atoms with Gasteiger partial charge in [0.15, 0.2) is 6.61 Å². The molecule has 0 saturated heterocycles. The summed E-state index contributed by atoms with van der Waals surface area (Å²) in [7, 11) is 0. The highest BCUT2D eigenvalue weighted by Gasteiger charge is 2.15. The van der Waals surface area contributed by atoms with E-state index in [-0.39, 0.29) is 17.1 Å². The van der Waals surface area contributed by atoms with Crippen LogP contribution in [0, 0.1) is 12.7 Å². The number of esters is 1. The molecule has 5 nitrogen and oxygen atoms in total. The maximum absolute atomic E-state index is 12.8. The summed E-state index contributed by atoms with van der Waals surface area (Å²) in [6.45, 7) is 1.57. The van der Waals surface area contributed by atoms with Gasteiger partial charge in [-0.15, -0.1) is 0 Å². The van der Waals surface area contributed by atoms with Crippen molar-refractivity contribution in [2.75, 3.05) is 13.2 Å². The Kier molecular flexibility index (Phi) is 5.89. The van der Waals surface area contributed by atoms with Crippen molar-refractivity contribution in [3.8, 4) is 5.75 Å². The normalized spacial score (nSPS) is 10.2. The molecule has 0 atom stereocenters. The van der Waals surface area contributed by atoms with E-state index in [0.717, 1.165) is 5.56 Å². The van der Waals surface area contributed by atoms with Crippen LogP contribution < -0.4 is 5.32 Å². The lowest BCUT2D eigenvalue weighted by molar-refractivity contribution is -0.124. The van der Waals surface area contributed by atoms with E-state index in [1.807, 2.05) is 0 Å². The third-order valence-corrected chi connectivity index (χ3v) is 3.44. The Morgan fingerprint density at radius 3 is 2.58 bits per heavy atom. The first-order valence-corrected chi connectivity index (χ1v) is 7.44. The van der Waals surface area contributed by atoms with Gasteiger partial charge in [-0.1, -0.05) is 24.3 Å². The Hall–Kier alpha value is -2.89. The number of aromatic hydroxyl groups is 1. The van der Waals surface area contributed by atoms with Crippen molar-refractivity contribution in [3.05, 3.63) is 65.0 Å². The summed E-state index contributed by atoms with van der Waals surface area (Å²) in [5.41, 5.74) is 1.46. The molecule has 2 aromatic rings. The smallest absolute Gasteiger partial charge is 0.342 e. The van der Waals surface area contributed by atoms with E-state index in [9.17, 15) is 19.1 Å². The molecule has 0 heterocycles. The van der Waals surface area contributed by atoms with Crippen molar-refractivity contribution >= 4 is 11.9 Å². The van der Waals surface area contributed by atoms with Crippen molar-refractivity contribution in [2.45, 2.75) is 13.3 Å². The molecule has 2 aromatic carbocycles. The van der Waals surface area contributed by atoms with Gasteiger partial charge in [0.05, 0.1) is 0 Å². The number of aryl methyl sites for hydroxylation is 1. The largest absolute Gasteiger partial charge is 0.507 e. The van der Waals surface area contributed by atoms with Gasteiger partial charge < -0.3 is 15.2 Å². The number of phenolic OH excluding ortho intramolecular Hbond substituents is 1. The van der Waals surface area contributed by atoms with Crippen molar-refractivity contribution < 1.29 is 23.8 Å². The van der Waals surface area contributed by atoms with Gasteiger partial charge in [0.1, 0.15) is 17.1 Å². The van der Waals surface area contributed by atoms with E-state index in [2.05, 4.69) is 5.32 Å². The lowest BCUT2D eigenvalue weighted by atomic mass is 10.1. The monoisotopic (exact) mass is 331 g/mol. The van der Waals surface area contributed by atoms with Crippen molar-refractivity contribution in [1.82, 2.24) is 5.32 Å². The number of carbonyl (C=O) groups excluding carboxylic acids is 2. The van der Waals surface area contributed by atoms with Gasteiger partial charge in [-0.2, -0.15) is 0 Å². The topological polar surface area (TPSA) is 75.6 Å². The molecule has 1 amide bonds. The molecule has 0 fully saturated rings. The number of carbonyl (C=O) groups is 2. The van der Waals surface area contributed by atoms with Crippen LogP contribution in [0.1, 0.15) is 21.5 Å². The van der Waals surface area contributed by atoms with E-state index >= 15 is 0 Å². The molecule has 126 valence electrons. The van der Waals surface area contributed by atoms with Crippen LogP contribution in [0.2, 0.25) is 0 Å². The van der Waals surface area contributed by atoms with Gasteiger partial charge in [-0.05, 0) is 42.7 Å². The fraction of sp³-hybridized carbons (Fsp3) is 0.222. The van der Waals surface area contributed by atoms with Crippen LogP contribution in [-0.2, 0) is 16.0 Å². The van der Waals surface area contributed by atoms with Gasteiger partial charge >= 0.3 is 5.97 Å². The third-order valence-electron chi connectivity index (χ3n) is 3.44. The second-order valence-electron chi connectivity index (χ2n) is 5.27. The summed E-state index contributed by atoms with van der Waals surface area (Å²) in [4.78, 5) is 23.5. The molecular weight excluding hydrogens is 313 g/mol. The summed E-state index contributed by atoms with van der Waals surface area (Å²) in [5, 5.41) is 12.4. The maximum Gasteiger partial charge on any atom is 0.342 e. The number of para-hydroxylation sites is 1. The minimum absolute atomic E-state index is 0.0223. The number of hydrogen-bond donors (Lipinski definition) is 2. The van der Waals surface area contributed by atoms with Crippen LogP contribution in [-0.4, -0.2) is 30.1 Å². The van der Waals surface area contributed by atoms with Crippen LogP contribution in [0.5, 0.6) is 5.75 Å². The maximum atomic E-state index is 12.8. The van der Waals surface area contributed by atoms with Crippen molar-refractivity contribution in [1.29, 1.82) is 0 Å². The van der Waals surface area contributed by atoms with Gasteiger partial charge in [0.25, 0.3) is 5.91 Å². The molecule has 0 bridgehead atoms. The van der Waals surface area contributed by atoms with E-state index in [0.29, 0.717) is 18.5 Å². The summed E-state index contributed by atoms with van der Waals surface area (Å²) in [5.74, 6) is -1.67. The molecule has 6 heteroatoms. The highest BCUT2D eigenvalue weighted by Crippen LogP contribution is 2.21. The molecule has 0 spiro atoms. The molecule has 0 aliphatic carbocycles. The first kappa shape index (κ1) is 17.5. The molecule has 24 heavy (non-hydrogen) atoms. The predicted molar refractivity (Wildman–Crippen MR) is 86.2 cm³/mol. The van der Waals surface area contributed by atoms with Crippen LogP contribution in [0.3, 0.4) is 0 Å². The van der Waals surface area contributed by atoms with Crippen molar-refractivity contribution in [2.24, 2.45) is 0 Å². The number of rotatable bonds is 6. The Morgan fingerprint density at radius 1 is 1.17 bits per heavy atom. The number of hydrogen-bond acceptors (Lipinski definition) is 4. The second-order valence-corrected chi connectivity index (χ2v) is 5.27.